The zero-order valence-electron chi connectivity index (χ0n) is 11.4. The Bertz CT molecular complexity index is 357. The van der Waals surface area contributed by atoms with Crippen LogP contribution in [-0.4, -0.2) is 34.6 Å². The van der Waals surface area contributed by atoms with Gasteiger partial charge in [-0.1, -0.05) is 48.6 Å². The van der Waals surface area contributed by atoms with E-state index in [1.54, 1.807) is 6.07 Å². The number of alkyl halides is 1. The Kier molecular flexibility index (Phi) is 8.23. The van der Waals surface area contributed by atoms with Crippen LogP contribution in [0.3, 0.4) is 0 Å². The van der Waals surface area contributed by atoms with Crippen molar-refractivity contribution in [1.29, 1.82) is 0 Å². The van der Waals surface area contributed by atoms with Crippen LogP contribution in [0.2, 0.25) is 0 Å². The lowest BCUT2D eigenvalue weighted by atomic mass is 9.85. The van der Waals surface area contributed by atoms with Crippen molar-refractivity contribution >= 4 is 35.0 Å². The number of hydrogen-bond acceptors (Lipinski definition) is 2. The molecule has 0 amide bonds. The quantitative estimate of drug-likeness (QED) is 0.615. The van der Waals surface area contributed by atoms with E-state index in [1.165, 1.54) is 5.56 Å². The van der Waals surface area contributed by atoms with Gasteiger partial charge in [-0.2, -0.15) is 0 Å². The molecule has 1 aromatic carbocycles. The minimum atomic E-state index is 0. The molecule has 1 unspecified atom stereocenters. The standard InChI is InChI=1S/C14H22INO.ClH/c1-10(9-16(3)4)14(11(2)15)12-6-5-7-13(17)8-12;/h5-8,10-11,14,17H,9H2,1-4H3;1H/t10-,11?,14-;/m0./s1. The fourth-order valence-corrected chi connectivity index (χ4v) is 3.59. The van der Waals surface area contributed by atoms with Crippen LogP contribution < -0.4 is 0 Å². The van der Waals surface area contributed by atoms with Crippen LogP contribution in [0.25, 0.3) is 0 Å². The van der Waals surface area contributed by atoms with Crippen LogP contribution in [0, 0.1) is 5.92 Å². The predicted molar refractivity (Wildman–Crippen MR) is 89.3 cm³/mol. The minimum Gasteiger partial charge on any atom is -0.508 e. The number of benzene rings is 1. The molecule has 0 aliphatic rings. The topological polar surface area (TPSA) is 23.5 Å². The summed E-state index contributed by atoms with van der Waals surface area (Å²) in [5.74, 6) is 1.41. The lowest BCUT2D eigenvalue weighted by molar-refractivity contribution is 0.306. The molecule has 1 N–H and O–H groups in total. The first-order chi connectivity index (χ1) is 7.91. The number of halogens is 2. The Labute approximate surface area is 130 Å². The van der Waals surface area contributed by atoms with E-state index in [0.717, 1.165) is 6.54 Å². The molecule has 1 rings (SSSR count). The van der Waals surface area contributed by atoms with E-state index >= 15 is 0 Å². The van der Waals surface area contributed by atoms with E-state index in [9.17, 15) is 5.11 Å². The van der Waals surface area contributed by atoms with E-state index in [1.807, 2.05) is 12.1 Å². The van der Waals surface area contributed by atoms with Crippen molar-refractivity contribution < 1.29 is 5.11 Å². The van der Waals surface area contributed by atoms with Crippen molar-refractivity contribution in [3.05, 3.63) is 29.8 Å². The van der Waals surface area contributed by atoms with Crippen molar-refractivity contribution in [2.75, 3.05) is 20.6 Å². The first-order valence-corrected chi connectivity index (χ1v) is 7.24. The van der Waals surface area contributed by atoms with Gasteiger partial charge >= 0.3 is 0 Å². The Morgan fingerprint density at radius 2 is 1.89 bits per heavy atom. The number of nitrogens with zero attached hydrogens (tertiary/aromatic N) is 1. The maximum absolute atomic E-state index is 9.59. The number of phenolic OH excluding ortho intramolecular Hbond substituents is 1. The summed E-state index contributed by atoms with van der Waals surface area (Å²) in [6.45, 7) is 5.58. The number of rotatable bonds is 5. The average molecular weight is 384 g/mol. The zero-order valence-corrected chi connectivity index (χ0v) is 14.4. The van der Waals surface area contributed by atoms with E-state index in [-0.39, 0.29) is 12.4 Å². The summed E-state index contributed by atoms with van der Waals surface area (Å²) < 4.78 is 0.546. The Morgan fingerprint density at radius 1 is 1.28 bits per heavy atom. The van der Waals surface area contributed by atoms with Gasteiger partial charge in [0.05, 0.1) is 0 Å². The van der Waals surface area contributed by atoms with Crippen LogP contribution in [0.1, 0.15) is 25.3 Å². The smallest absolute Gasteiger partial charge is 0.115 e. The molecule has 4 heteroatoms. The third kappa shape index (κ3) is 5.33. The number of hydrogen-bond donors (Lipinski definition) is 1. The molecule has 0 aromatic heterocycles. The molecule has 0 heterocycles. The normalized spacial score (nSPS) is 15.9. The summed E-state index contributed by atoms with van der Waals surface area (Å²) in [6.07, 6.45) is 0. The second kappa shape index (κ2) is 8.23. The largest absolute Gasteiger partial charge is 0.508 e. The molecule has 0 saturated carbocycles. The van der Waals surface area contributed by atoms with Crippen molar-refractivity contribution in [3.8, 4) is 5.75 Å². The molecule has 0 saturated heterocycles. The Balaban J connectivity index is 0.00000289. The summed E-state index contributed by atoms with van der Waals surface area (Å²) in [7, 11) is 4.21. The van der Waals surface area contributed by atoms with E-state index in [4.69, 9.17) is 0 Å². The highest BCUT2D eigenvalue weighted by atomic mass is 127. The van der Waals surface area contributed by atoms with E-state index in [2.05, 4.69) is 61.5 Å². The third-order valence-electron chi connectivity index (χ3n) is 3.02. The third-order valence-corrected chi connectivity index (χ3v) is 3.79. The van der Waals surface area contributed by atoms with Gasteiger partial charge in [-0.05, 0) is 43.6 Å². The molecule has 3 atom stereocenters. The molecule has 104 valence electrons. The highest BCUT2D eigenvalue weighted by Gasteiger charge is 2.24. The lowest BCUT2D eigenvalue weighted by Gasteiger charge is -2.29. The summed E-state index contributed by atoms with van der Waals surface area (Å²) >= 11 is 2.48. The van der Waals surface area contributed by atoms with Gasteiger partial charge in [-0.15, -0.1) is 12.4 Å². The molecule has 0 aliphatic carbocycles. The molecule has 2 nitrogen and oxygen atoms in total. The highest BCUT2D eigenvalue weighted by molar-refractivity contribution is 14.1. The molecule has 18 heavy (non-hydrogen) atoms. The van der Waals surface area contributed by atoms with Crippen molar-refractivity contribution in [2.45, 2.75) is 23.7 Å². The van der Waals surface area contributed by atoms with Crippen LogP contribution in [0.4, 0.5) is 0 Å². The molecule has 0 spiro atoms. The first-order valence-electron chi connectivity index (χ1n) is 5.99. The van der Waals surface area contributed by atoms with Crippen molar-refractivity contribution in [2.24, 2.45) is 5.92 Å². The fraction of sp³-hybridized carbons (Fsp3) is 0.571. The minimum absolute atomic E-state index is 0. The van der Waals surface area contributed by atoms with Crippen LogP contribution in [-0.2, 0) is 0 Å². The van der Waals surface area contributed by atoms with Gasteiger partial charge in [-0.25, -0.2) is 0 Å². The first kappa shape index (κ1) is 18.0. The van der Waals surface area contributed by atoms with Crippen LogP contribution >= 0.6 is 35.0 Å². The number of aromatic hydroxyl groups is 1. The molecular formula is C14H23ClINO. The molecule has 0 aliphatic heterocycles. The van der Waals surface area contributed by atoms with E-state index in [0.29, 0.717) is 21.5 Å². The zero-order chi connectivity index (χ0) is 13.0. The van der Waals surface area contributed by atoms with Gasteiger partial charge < -0.3 is 10.0 Å². The van der Waals surface area contributed by atoms with Gasteiger partial charge in [0.25, 0.3) is 0 Å². The van der Waals surface area contributed by atoms with Gasteiger partial charge in [0.1, 0.15) is 5.75 Å². The predicted octanol–water partition coefficient (Wildman–Crippen LogP) is 3.92. The highest BCUT2D eigenvalue weighted by Crippen LogP contribution is 2.34. The van der Waals surface area contributed by atoms with E-state index < -0.39 is 0 Å². The molecule has 0 radical (unpaired) electrons. The van der Waals surface area contributed by atoms with Gasteiger partial charge in [0.15, 0.2) is 0 Å². The van der Waals surface area contributed by atoms with Crippen LogP contribution in [0.15, 0.2) is 24.3 Å². The second-order valence-corrected chi connectivity index (χ2v) is 7.00. The molecular weight excluding hydrogens is 361 g/mol. The number of phenols is 1. The summed E-state index contributed by atoms with van der Waals surface area (Å²) in [6, 6.07) is 7.67. The summed E-state index contributed by atoms with van der Waals surface area (Å²) in [5, 5.41) is 9.59. The summed E-state index contributed by atoms with van der Waals surface area (Å²) in [5.41, 5.74) is 1.24. The van der Waals surface area contributed by atoms with Crippen LogP contribution in [0.5, 0.6) is 5.75 Å². The Hall–Kier alpha value is -0.0000000000000000555. The monoisotopic (exact) mass is 383 g/mol. The molecule has 1 aromatic rings. The van der Waals surface area contributed by atoms with Gasteiger partial charge in [0, 0.05) is 10.5 Å². The molecule has 0 fully saturated rings. The maximum atomic E-state index is 9.59. The van der Waals surface area contributed by atoms with Crippen molar-refractivity contribution in [3.63, 3.8) is 0 Å². The SMILES string of the molecule is CC(I)[C@@H](c1cccc(O)c1)[C@@H](C)CN(C)C.Cl. The Morgan fingerprint density at radius 3 is 2.33 bits per heavy atom. The van der Waals surface area contributed by atoms with Gasteiger partial charge in [0.2, 0.25) is 0 Å². The lowest BCUT2D eigenvalue weighted by Crippen LogP contribution is -2.27. The second-order valence-electron chi connectivity index (χ2n) is 5.04. The summed E-state index contributed by atoms with van der Waals surface area (Å²) in [4.78, 5) is 2.22. The fourth-order valence-electron chi connectivity index (χ4n) is 2.47. The van der Waals surface area contributed by atoms with Crippen molar-refractivity contribution in [1.82, 2.24) is 4.90 Å². The maximum Gasteiger partial charge on any atom is 0.115 e. The van der Waals surface area contributed by atoms with Gasteiger partial charge in [-0.3, -0.25) is 0 Å². The molecule has 0 bridgehead atoms. The average Bonchev–Trinajstić information content (AvgIpc) is 2.15.